The maximum absolute atomic E-state index is 2.12. The summed E-state index contributed by atoms with van der Waals surface area (Å²) in [5.41, 5.74) is 1.33. The normalized spacial score (nSPS) is 6.55. The molecule has 1 rings (SSSR count). The van der Waals surface area contributed by atoms with E-state index in [9.17, 15) is 0 Å². The summed E-state index contributed by atoms with van der Waals surface area (Å²) < 4.78 is 1.33. The monoisotopic (exact) mass is 247 g/mol. The molecule has 0 saturated carbocycles. The molecule has 0 aliphatic rings. The zero-order valence-corrected chi connectivity index (χ0v) is 10.0. The third-order valence-corrected chi connectivity index (χ3v) is 1.57. The van der Waals surface area contributed by atoms with Gasteiger partial charge in [-0.1, -0.05) is 0 Å². The summed E-state index contributed by atoms with van der Waals surface area (Å²) in [6.45, 7) is 2.10. The molecule has 63 valence electrons. The van der Waals surface area contributed by atoms with Crippen LogP contribution in [0.4, 0.5) is 0 Å². The molecule has 0 N–H and O–H groups in total. The SMILES string of the molecule is Cc1cc[c]([Ti])cc1.Cl.Cl.Cl. The van der Waals surface area contributed by atoms with Crippen LogP contribution in [0.2, 0.25) is 0 Å². The van der Waals surface area contributed by atoms with E-state index in [0.717, 1.165) is 0 Å². The molecule has 0 unspecified atom stereocenters. The van der Waals surface area contributed by atoms with Gasteiger partial charge in [0, 0.05) is 0 Å². The van der Waals surface area contributed by atoms with Crippen molar-refractivity contribution in [3.8, 4) is 0 Å². The second kappa shape index (κ2) is 8.90. The molecule has 11 heavy (non-hydrogen) atoms. The molecule has 0 amide bonds. The van der Waals surface area contributed by atoms with Gasteiger partial charge in [-0.25, -0.2) is 0 Å². The molecule has 0 atom stereocenters. The molecule has 0 fully saturated rings. The van der Waals surface area contributed by atoms with E-state index in [1.54, 1.807) is 0 Å². The van der Waals surface area contributed by atoms with Gasteiger partial charge in [0.15, 0.2) is 0 Å². The Hall–Kier alpha value is 0.804. The van der Waals surface area contributed by atoms with Gasteiger partial charge in [-0.05, 0) is 0 Å². The molecule has 0 heterocycles. The van der Waals surface area contributed by atoms with Crippen molar-refractivity contribution in [2.24, 2.45) is 0 Å². The molecule has 4 heteroatoms. The zero-order valence-electron chi connectivity index (χ0n) is 6.03. The molecule has 0 radical (unpaired) electrons. The summed E-state index contributed by atoms with van der Waals surface area (Å²) in [7, 11) is 0. The van der Waals surface area contributed by atoms with Crippen LogP contribution in [0, 0.1) is 6.92 Å². The summed E-state index contributed by atoms with van der Waals surface area (Å²) in [5.74, 6) is 0. The minimum absolute atomic E-state index is 0. The van der Waals surface area contributed by atoms with Crippen LogP contribution >= 0.6 is 37.2 Å². The van der Waals surface area contributed by atoms with E-state index in [2.05, 4.69) is 51.6 Å². The van der Waals surface area contributed by atoms with Crippen LogP contribution in [0.5, 0.6) is 0 Å². The van der Waals surface area contributed by atoms with Gasteiger partial charge in [-0.3, -0.25) is 0 Å². The van der Waals surface area contributed by atoms with Crippen LogP contribution in [0.3, 0.4) is 0 Å². The summed E-state index contributed by atoms with van der Waals surface area (Å²) in [4.78, 5) is 0. The summed E-state index contributed by atoms with van der Waals surface area (Å²) in [6.07, 6.45) is 0. The molecule has 1 aromatic carbocycles. The molecule has 0 saturated heterocycles. The largest absolute Gasteiger partial charge is 0.147 e. The van der Waals surface area contributed by atoms with E-state index in [-0.39, 0.29) is 37.2 Å². The Morgan fingerprint density at radius 3 is 1.55 bits per heavy atom. The maximum atomic E-state index is 2.12. The zero-order chi connectivity index (χ0) is 5.98. The summed E-state index contributed by atoms with van der Waals surface area (Å²) in [5, 5.41) is 0. The van der Waals surface area contributed by atoms with Gasteiger partial charge in [0.25, 0.3) is 0 Å². The van der Waals surface area contributed by atoms with Crippen molar-refractivity contribution in [1.29, 1.82) is 0 Å². The van der Waals surface area contributed by atoms with Crippen molar-refractivity contribution >= 4 is 41.1 Å². The first-order valence-corrected chi connectivity index (χ1v) is 3.35. The first kappa shape index (κ1) is 17.8. The Bertz CT molecular complexity index is 153. The predicted octanol–water partition coefficient (Wildman–Crippen LogP) is 2.43. The van der Waals surface area contributed by atoms with Crippen molar-refractivity contribution in [1.82, 2.24) is 0 Å². The second-order valence-corrected chi connectivity index (χ2v) is 2.77. The quantitative estimate of drug-likeness (QED) is 0.619. The van der Waals surface area contributed by atoms with E-state index in [4.69, 9.17) is 0 Å². The topological polar surface area (TPSA) is 0 Å². The van der Waals surface area contributed by atoms with Crippen molar-refractivity contribution in [3.05, 3.63) is 29.8 Å². The average molecular weight is 248 g/mol. The number of hydrogen-bond acceptors (Lipinski definition) is 0. The van der Waals surface area contributed by atoms with Crippen LogP contribution in [0.1, 0.15) is 5.56 Å². The second-order valence-electron chi connectivity index (χ2n) is 1.87. The van der Waals surface area contributed by atoms with Gasteiger partial charge in [0.1, 0.15) is 0 Å². The van der Waals surface area contributed by atoms with E-state index in [1.807, 2.05) is 0 Å². The Kier molecular flexibility index (Phi) is 14.4. The molecular weight excluding hydrogens is 238 g/mol. The fraction of sp³-hybridized carbons (Fsp3) is 0.143. The molecular formula is C7H10Cl3Ti. The van der Waals surface area contributed by atoms with Crippen LogP contribution in [0.15, 0.2) is 24.3 Å². The summed E-state index contributed by atoms with van der Waals surface area (Å²) in [6, 6.07) is 8.48. The molecule has 0 aliphatic carbocycles. The molecule has 0 bridgehead atoms. The number of hydrogen-bond donors (Lipinski definition) is 0. The van der Waals surface area contributed by atoms with Crippen molar-refractivity contribution in [2.75, 3.05) is 0 Å². The first-order valence-electron chi connectivity index (χ1n) is 2.57. The Morgan fingerprint density at radius 2 is 1.27 bits per heavy atom. The fourth-order valence-corrected chi connectivity index (χ4v) is 0.814. The number of halogens is 3. The van der Waals surface area contributed by atoms with E-state index >= 15 is 0 Å². The van der Waals surface area contributed by atoms with Gasteiger partial charge in [0.05, 0.1) is 0 Å². The average Bonchev–Trinajstić information content (AvgIpc) is 1.77. The van der Waals surface area contributed by atoms with Crippen molar-refractivity contribution < 1.29 is 20.4 Å². The van der Waals surface area contributed by atoms with Crippen LogP contribution in [0.25, 0.3) is 0 Å². The fourth-order valence-electron chi connectivity index (χ4n) is 0.554. The molecule has 0 aliphatic heterocycles. The molecule has 0 aromatic heterocycles. The Labute approximate surface area is 97.8 Å². The molecule has 0 nitrogen and oxygen atoms in total. The van der Waals surface area contributed by atoms with E-state index in [1.165, 1.54) is 9.43 Å². The van der Waals surface area contributed by atoms with Crippen LogP contribution < -0.4 is 3.87 Å². The molecule has 0 spiro atoms. The predicted molar refractivity (Wildman–Crippen MR) is 52.6 cm³/mol. The van der Waals surface area contributed by atoms with E-state index < -0.39 is 0 Å². The van der Waals surface area contributed by atoms with Gasteiger partial charge >= 0.3 is 61.1 Å². The van der Waals surface area contributed by atoms with Gasteiger partial charge in [-0.15, -0.1) is 37.2 Å². The van der Waals surface area contributed by atoms with Gasteiger partial charge < -0.3 is 0 Å². The first-order chi connectivity index (χ1) is 3.79. The van der Waals surface area contributed by atoms with Crippen molar-refractivity contribution in [3.63, 3.8) is 0 Å². The number of benzene rings is 1. The molecule has 1 aromatic rings. The smallest absolute Gasteiger partial charge is 0.147 e. The minimum Gasteiger partial charge on any atom is -0.147 e. The minimum atomic E-state index is 0. The van der Waals surface area contributed by atoms with Crippen molar-refractivity contribution in [2.45, 2.75) is 6.92 Å². The van der Waals surface area contributed by atoms with Crippen LogP contribution in [-0.4, -0.2) is 0 Å². The van der Waals surface area contributed by atoms with Gasteiger partial charge in [-0.2, -0.15) is 0 Å². The maximum Gasteiger partial charge on any atom is -0.147 e. The van der Waals surface area contributed by atoms with E-state index in [0.29, 0.717) is 0 Å². The standard InChI is InChI=1S/C7H7.3ClH.Ti/c1-7-5-3-2-4-6-7;;;;/h3-6H,1H3;3*1H;. The van der Waals surface area contributed by atoms with Crippen LogP contribution in [-0.2, 0) is 20.4 Å². The number of rotatable bonds is 0. The Morgan fingerprint density at radius 1 is 0.909 bits per heavy atom. The number of aryl methyl sites for hydroxylation is 1. The summed E-state index contributed by atoms with van der Waals surface area (Å²) >= 11 is 2.10. The third kappa shape index (κ3) is 7.17. The Balaban J connectivity index is -0.000000213. The van der Waals surface area contributed by atoms with Gasteiger partial charge in [0.2, 0.25) is 0 Å². The third-order valence-electron chi connectivity index (χ3n) is 1.05.